The van der Waals surface area contributed by atoms with Crippen molar-refractivity contribution in [3.63, 3.8) is 0 Å². The number of likely N-dealkylation sites (tertiary alicyclic amines) is 1. The van der Waals surface area contributed by atoms with Crippen molar-refractivity contribution in [3.8, 4) is 11.5 Å². The van der Waals surface area contributed by atoms with Gasteiger partial charge in [0.2, 0.25) is 0 Å². The Morgan fingerprint density at radius 3 is 2.28 bits per heavy atom. The van der Waals surface area contributed by atoms with Crippen LogP contribution in [0.4, 0.5) is 8.78 Å². The Morgan fingerprint density at radius 1 is 1.00 bits per heavy atom. The van der Waals surface area contributed by atoms with Crippen molar-refractivity contribution in [3.05, 3.63) is 95.6 Å². The normalized spacial score (nSPS) is 26.5. The van der Waals surface area contributed by atoms with E-state index in [2.05, 4.69) is 0 Å². The third-order valence-corrected chi connectivity index (χ3v) is 7.14. The van der Waals surface area contributed by atoms with Crippen LogP contribution in [-0.2, 0) is 6.61 Å². The van der Waals surface area contributed by atoms with Gasteiger partial charge in [0, 0.05) is 25.6 Å². The van der Waals surface area contributed by atoms with Gasteiger partial charge in [-0.25, -0.2) is 8.78 Å². The molecule has 0 spiro atoms. The van der Waals surface area contributed by atoms with E-state index in [0.717, 1.165) is 17.7 Å². The van der Waals surface area contributed by atoms with Gasteiger partial charge in [-0.2, -0.15) is 0 Å². The molecule has 2 aliphatic rings. The SMILES string of the molecule is OC(CN1C[C@H]2C[C@H](Oc3ccccc3)[C@H](O)[C@@]2(O)C1)c1cc(F)c(OCc2ccccc2)c(F)c1. The lowest BCUT2D eigenvalue weighted by Gasteiger charge is -2.29. The molecule has 1 aliphatic carbocycles. The van der Waals surface area contributed by atoms with E-state index in [-0.39, 0.29) is 31.2 Å². The number of nitrogens with zero attached hydrogens (tertiary/aromatic N) is 1. The molecule has 1 aliphatic heterocycles. The fourth-order valence-electron chi connectivity index (χ4n) is 5.28. The highest BCUT2D eigenvalue weighted by Gasteiger charge is 2.59. The summed E-state index contributed by atoms with van der Waals surface area (Å²) in [5.41, 5.74) is -0.534. The van der Waals surface area contributed by atoms with Crippen LogP contribution < -0.4 is 9.47 Å². The number of benzene rings is 3. The van der Waals surface area contributed by atoms with E-state index >= 15 is 0 Å². The molecule has 1 unspecified atom stereocenters. The average molecular weight is 498 g/mol. The third kappa shape index (κ3) is 4.95. The Hall–Kier alpha value is -3.04. The molecule has 5 atom stereocenters. The van der Waals surface area contributed by atoms with Gasteiger partial charge in [-0.15, -0.1) is 0 Å². The number of fused-ring (bicyclic) bond motifs is 1. The summed E-state index contributed by atoms with van der Waals surface area (Å²) in [6.45, 7) is 0.608. The summed E-state index contributed by atoms with van der Waals surface area (Å²) in [6, 6.07) is 20.3. The number of ether oxygens (including phenoxy) is 2. The Morgan fingerprint density at radius 2 is 1.64 bits per heavy atom. The topological polar surface area (TPSA) is 82.4 Å². The van der Waals surface area contributed by atoms with Crippen LogP contribution in [0.3, 0.4) is 0 Å². The number of β-amino-alcohol motifs (C(OH)–C–C–N with tert-alkyl or cyclic N) is 2. The molecule has 8 heteroatoms. The summed E-state index contributed by atoms with van der Waals surface area (Å²) in [7, 11) is 0. The number of rotatable bonds is 8. The number of para-hydroxylation sites is 1. The minimum Gasteiger partial charge on any atom is -0.488 e. The van der Waals surface area contributed by atoms with Crippen molar-refractivity contribution >= 4 is 0 Å². The van der Waals surface area contributed by atoms with Crippen molar-refractivity contribution in [1.82, 2.24) is 4.90 Å². The largest absolute Gasteiger partial charge is 0.488 e. The summed E-state index contributed by atoms with van der Waals surface area (Å²) in [5.74, 6) is -1.91. The highest BCUT2D eigenvalue weighted by molar-refractivity contribution is 5.33. The van der Waals surface area contributed by atoms with Crippen LogP contribution in [0.15, 0.2) is 72.8 Å². The standard InChI is InChI=1S/C28H29F2NO5/c29-22-11-19(12-23(30)26(22)35-16-18-7-3-1-4-8-18)24(32)15-31-14-20-13-25(27(33)28(20,34)17-31)36-21-9-5-2-6-10-21/h1-12,20,24-25,27,32-34H,13-17H2/t20-,24?,25+,27+,28-/m1/s1. The van der Waals surface area contributed by atoms with Gasteiger partial charge >= 0.3 is 0 Å². The first-order valence-corrected chi connectivity index (χ1v) is 12.0. The van der Waals surface area contributed by atoms with Crippen LogP contribution in [0.5, 0.6) is 11.5 Å². The van der Waals surface area contributed by atoms with Crippen molar-refractivity contribution in [1.29, 1.82) is 0 Å². The van der Waals surface area contributed by atoms with Gasteiger partial charge in [-0.05, 0) is 41.8 Å². The Balaban J connectivity index is 1.20. The van der Waals surface area contributed by atoms with E-state index in [4.69, 9.17) is 9.47 Å². The smallest absolute Gasteiger partial charge is 0.191 e. The molecule has 0 aromatic heterocycles. The molecule has 1 heterocycles. The third-order valence-electron chi connectivity index (χ3n) is 7.14. The van der Waals surface area contributed by atoms with Crippen molar-refractivity contribution in [2.75, 3.05) is 19.6 Å². The molecule has 1 saturated heterocycles. The number of aliphatic hydroxyl groups excluding tert-OH is 2. The van der Waals surface area contributed by atoms with E-state index in [1.54, 1.807) is 29.2 Å². The monoisotopic (exact) mass is 497 g/mol. The highest BCUT2D eigenvalue weighted by atomic mass is 19.1. The zero-order valence-corrected chi connectivity index (χ0v) is 19.6. The van der Waals surface area contributed by atoms with Gasteiger partial charge < -0.3 is 24.8 Å². The summed E-state index contributed by atoms with van der Waals surface area (Å²) in [5, 5.41) is 32.7. The molecule has 3 aromatic rings. The summed E-state index contributed by atoms with van der Waals surface area (Å²) < 4.78 is 40.5. The van der Waals surface area contributed by atoms with Crippen LogP contribution in [0.1, 0.15) is 23.7 Å². The minimum atomic E-state index is -1.38. The highest BCUT2D eigenvalue weighted by Crippen LogP contribution is 2.44. The second-order valence-corrected chi connectivity index (χ2v) is 9.64. The molecule has 190 valence electrons. The molecule has 1 saturated carbocycles. The van der Waals surface area contributed by atoms with Gasteiger partial charge in [0.1, 0.15) is 30.2 Å². The van der Waals surface area contributed by atoms with Crippen LogP contribution in [0.2, 0.25) is 0 Å². The molecule has 0 amide bonds. The molecule has 0 radical (unpaired) electrons. The second-order valence-electron chi connectivity index (χ2n) is 9.64. The fourth-order valence-corrected chi connectivity index (χ4v) is 5.28. The summed E-state index contributed by atoms with van der Waals surface area (Å²) >= 11 is 0. The fraction of sp³-hybridized carbons (Fsp3) is 0.357. The predicted octanol–water partition coefficient (Wildman–Crippen LogP) is 3.45. The maximum Gasteiger partial charge on any atom is 0.191 e. The van der Waals surface area contributed by atoms with Gasteiger partial charge in [0.05, 0.1) is 6.10 Å². The summed E-state index contributed by atoms with van der Waals surface area (Å²) in [4.78, 5) is 1.80. The lowest BCUT2D eigenvalue weighted by Crippen LogP contribution is -2.49. The lowest BCUT2D eigenvalue weighted by atomic mass is 9.93. The van der Waals surface area contributed by atoms with Crippen molar-refractivity contribution in [2.45, 2.75) is 36.9 Å². The van der Waals surface area contributed by atoms with Crippen LogP contribution in [0.25, 0.3) is 0 Å². The van der Waals surface area contributed by atoms with Crippen LogP contribution >= 0.6 is 0 Å². The van der Waals surface area contributed by atoms with Crippen LogP contribution in [0, 0.1) is 17.6 Å². The molecule has 6 nitrogen and oxygen atoms in total. The zero-order chi connectivity index (χ0) is 25.3. The maximum absolute atomic E-state index is 14.6. The van der Waals surface area contributed by atoms with E-state index in [0.29, 0.717) is 18.7 Å². The number of hydrogen-bond donors (Lipinski definition) is 3. The van der Waals surface area contributed by atoms with Crippen LogP contribution in [-0.4, -0.2) is 57.7 Å². The van der Waals surface area contributed by atoms with Crippen molar-refractivity contribution < 1.29 is 33.6 Å². The van der Waals surface area contributed by atoms with Gasteiger partial charge in [-0.1, -0.05) is 48.5 Å². The molecule has 3 aromatic carbocycles. The predicted molar refractivity (Wildman–Crippen MR) is 128 cm³/mol. The Kier molecular flexibility index (Phi) is 6.94. The van der Waals surface area contributed by atoms with E-state index in [9.17, 15) is 24.1 Å². The molecule has 5 rings (SSSR count). The number of aliphatic hydroxyl groups is 3. The Labute approximate surface area is 208 Å². The van der Waals surface area contributed by atoms with Gasteiger partial charge in [0.25, 0.3) is 0 Å². The van der Waals surface area contributed by atoms with E-state index in [1.807, 2.05) is 36.4 Å². The number of hydrogen-bond acceptors (Lipinski definition) is 6. The Bertz CT molecular complexity index is 1160. The average Bonchev–Trinajstić information content (AvgIpc) is 3.29. The number of halogens is 2. The zero-order valence-electron chi connectivity index (χ0n) is 19.6. The van der Waals surface area contributed by atoms with Crippen molar-refractivity contribution in [2.24, 2.45) is 5.92 Å². The lowest BCUT2D eigenvalue weighted by molar-refractivity contribution is -0.0875. The van der Waals surface area contributed by atoms with E-state index < -0.39 is 41.3 Å². The quantitative estimate of drug-likeness (QED) is 0.442. The molecule has 2 fully saturated rings. The molecule has 36 heavy (non-hydrogen) atoms. The maximum atomic E-state index is 14.6. The minimum absolute atomic E-state index is 0.0155. The molecule has 0 bridgehead atoms. The molecular weight excluding hydrogens is 468 g/mol. The molecule has 3 N–H and O–H groups in total. The first-order valence-electron chi connectivity index (χ1n) is 12.0. The van der Waals surface area contributed by atoms with Gasteiger partial charge in [-0.3, -0.25) is 4.90 Å². The second kappa shape index (κ2) is 10.1. The first kappa shape index (κ1) is 24.6. The van der Waals surface area contributed by atoms with E-state index in [1.165, 1.54) is 0 Å². The molecular formula is C28H29F2NO5. The summed E-state index contributed by atoms with van der Waals surface area (Å²) in [6.07, 6.45) is -2.37. The first-order chi connectivity index (χ1) is 17.3. The van der Waals surface area contributed by atoms with Gasteiger partial charge in [0.15, 0.2) is 17.4 Å².